The average molecular weight is 412 g/mol. The molecule has 7 heteroatoms. The fourth-order valence-electron chi connectivity index (χ4n) is 2.20. The van der Waals surface area contributed by atoms with E-state index in [4.69, 9.17) is 9.47 Å². The molecule has 0 aliphatic carbocycles. The van der Waals surface area contributed by atoms with Crippen molar-refractivity contribution in [3.8, 4) is 5.75 Å². The minimum Gasteiger partial charge on any atom is -0.490 e. The topological polar surface area (TPSA) is 59.1 Å². The molecule has 0 saturated carbocycles. The molecular formula is C17H18BrNO4S. The Morgan fingerprint density at radius 2 is 1.96 bits per heavy atom. The molecule has 1 fully saturated rings. The van der Waals surface area contributed by atoms with Gasteiger partial charge in [-0.05, 0) is 45.8 Å². The van der Waals surface area contributed by atoms with Crippen molar-refractivity contribution in [3.05, 3.63) is 58.6 Å². The second-order valence-electron chi connectivity index (χ2n) is 5.59. The highest BCUT2D eigenvalue weighted by atomic mass is 79.9. The van der Waals surface area contributed by atoms with E-state index < -0.39 is 10.0 Å². The van der Waals surface area contributed by atoms with Crippen molar-refractivity contribution in [2.24, 2.45) is 0 Å². The van der Waals surface area contributed by atoms with Gasteiger partial charge in [0.05, 0.1) is 22.5 Å². The van der Waals surface area contributed by atoms with Crippen LogP contribution in [0.25, 0.3) is 0 Å². The van der Waals surface area contributed by atoms with Gasteiger partial charge in [0.2, 0.25) is 10.0 Å². The fraction of sp³-hybridized carbons (Fsp3) is 0.294. The summed E-state index contributed by atoms with van der Waals surface area (Å²) in [5.74, 6) is 0.530. The summed E-state index contributed by atoms with van der Waals surface area (Å²) in [5, 5.41) is 0. The average Bonchev–Trinajstić information content (AvgIpc) is 3.39. The van der Waals surface area contributed by atoms with Crippen LogP contribution in [0.15, 0.2) is 53.0 Å². The SMILES string of the molecule is CN(c1ccccc1)S(=O)(=O)Cc1ccc(Br)c(OCC2CO2)c1. The van der Waals surface area contributed by atoms with Crippen LogP contribution in [-0.2, 0) is 20.5 Å². The van der Waals surface area contributed by atoms with Gasteiger partial charge >= 0.3 is 0 Å². The molecule has 1 atom stereocenters. The van der Waals surface area contributed by atoms with Crippen LogP contribution in [0.4, 0.5) is 5.69 Å². The fourth-order valence-corrected chi connectivity index (χ4v) is 3.80. The quantitative estimate of drug-likeness (QED) is 0.656. The van der Waals surface area contributed by atoms with Crippen LogP contribution < -0.4 is 9.04 Å². The van der Waals surface area contributed by atoms with E-state index in [1.54, 1.807) is 37.4 Å². The minimum atomic E-state index is -3.48. The summed E-state index contributed by atoms with van der Waals surface area (Å²) in [7, 11) is -1.92. The third kappa shape index (κ3) is 4.28. The number of epoxide rings is 1. The molecule has 5 nitrogen and oxygen atoms in total. The van der Waals surface area contributed by atoms with Gasteiger partial charge in [-0.2, -0.15) is 0 Å². The van der Waals surface area contributed by atoms with E-state index in [0.29, 0.717) is 30.2 Å². The maximum atomic E-state index is 12.6. The molecular weight excluding hydrogens is 394 g/mol. The molecule has 1 aliphatic rings. The highest BCUT2D eigenvalue weighted by molar-refractivity contribution is 9.10. The molecule has 1 heterocycles. The lowest BCUT2D eigenvalue weighted by molar-refractivity contribution is 0.261. The molecule has 3 rings (SSSR count). The number of hydrogen-bond acceptors (Lipinski definition) is 4. The number of ether oxygens (including phenoxy) is 2. The van der Waals surface area contributed by atoms with Gasteiger partial charge in [-0.3, -0.25) is 4.31 Å². The van der Waals surface area contributed by atoms with Crippen molar-refractivity contribution < 1.29 is 17.9 Å². The zero-order valence-electron chi connectivity index (χ0n) is 13.2. The molecule has 2 aromatic rings. The number of rotatable bonds is 7. The Hall–Kier alpha value is -1.57. The van der Waals surface area contributed by atoms with E-state index in [0.717, 1.165) is 4.47 Å². The summed E-state index contributed by atoms with van der Waals surface area (Å²) in [5.41, 5.74) is 1.31. The smallest absolute Gasteiger partial charge is 0.239 e. The van der Waals surface area contributed by atoms with Crippen LogP contribution in [0.1, 0.15) is 5.56 Å². The predicted molar refractivity (Wildman–Crippen MR) is 96.8 cm³/mol. The molecule has 128 valence electrons. The molecule has 2 aromatic carbocycles. The Labute approximate surface area is 150 Å². The minimum absolute atomic E-state index is 0.0953. The normalized spacial score (nSPS) is 16.7. The summed E-state index contributed by atoms with van der Waals surface area (Å²) in [6, 6.07) is 14.3. The monoisotopic (exact) mass is 411 g/mol. The van der Waals surface area contributed by atoms with Crippen molar-refractivity contribution in [1.82, 2.24) is 0 Å². The number of hydrogen-bond donors (Lipinski definition) is 0. The Kier molecular flexibility index (Phi) is 5.12. The molecule has 1 aliphatic heterocycles. The molecule has 1 unspecified atom stereocenters. The van der Waals surface area contributed by atoms with E-state index in [1.165, 1.54) is 4.31 Å². The van der Waals surface area contributed by atoms with E-state index in [2.05, 4.69) is 15.9 Å². The summed E-state index contributed by atoms with van der Waals surface area (Å²) in [6.45, 7) is 1.19. The summed E-state index contributed by atoms with van der Waals surface area (Å²) in [6.07, 6.45) is 0.147. The number of halogens is 1. The number of anilines is 1. The van der Waals surface area contributed by atoms with Crippen LogP contribution in [-0.4, -0.2) is 34.8 Å². The lowest BCUT2D eigenvalue weighted by Gasteiger charge is -2.19. The van der Waals surface area contributed by atoms with Crippen molar-refractivity contribution in [1.29, 1.82) is 0 Å². The van der Waals surface area contributed by atoms with Crippen molar-refractivity contribution in [2.45, 2.75) is 11.9 Å². The highest BCUT2D eigenvalue weighted by Gasteiger charge is 2.24. The van der Waals surface area contributed by atoms with Gasteiger partial charge in [0.1, 0.15) is 18.5 Å². The second kappa shape index (κ2) is 7.13. The first kappa shape index (κ1) is 17.3. The Bertz CT molecular complexity index is 807. The molecule has 0 amide bonds. The van der Waals surface area contributed by atoms with Gasteiger partial charge < -0.3 is 9.47 Å². The maximum Gasteiger partial charge on any atom is 0.239 e. The predicted octanol–water partition coefficient (Wildman–Crippen LogP) is 3.19. The molecule has 0 N–H and O–H groups in total. The second-order valence-corrected chi connectivity index (χ2v) is 8.44. The lowest BCUT2D eigenvalue weighted by atomic mass is 10.2. The maximum absolute atomic E-state index is 12.6. The van der Waals surface area contributed by atoms with Crippen molar-refractivity contribution >= 4 is 31.6 Å². The van der Waals surface area contributed by atoms with E-state index in [9.17, 15) is 8.42 Å². The number of para-hydroxylation sites is 1. The zero-order chi connectivity index (χ0) is 17.2. The molecule has 24 heavy (non-hydrogen) atoms. The Morgan fingerprint density at radius 3 is 2.62 bits per heavy atom. The van der Waals surface area contributed by atoms with Crippen LogP contribution in [0.5, 0.6) is 5.75 Å². The molecule has 1 saturated heterocycles. The van der Waals surface area contributed by atoms with Gasteiger partial charge in [-0.15, -0.1) is 0 Å². The van der Waals surface area contributed by atoms with Gasteiger partial charge in [0, 0.05) is 7.05 Å². The largest absolute Gasteiger partial charge is 0.490 e. The third-order valence-corrected chi connectivity index (χ3v) is 6.11. The van der Waals surface area contributed by atoms with Gasteiger partial charge in [-0.25, -0.2) is 8.42 Å². The van der Waals surface area contributed by atoms with Gasteiger partial charge in [0.15, 0.2) is 0 Å². The molecule has 0 aromatic heterocycles. The van der Waals surface area contributed by atoms with Gasteiger partial charge in [-0.1, -0.05) is 24.3 Å². The highest BCUT2D eigenvalue weighted by Crippen LogP contribution is 2.28. The van der Waals surface area contributed by atoms with E-state index >= 15 is 0 Å². The van der Waals surface area contributed by atoms with Crippen molar-refractivity contribution in [2.75, 3.05) is 24.6 Å². The Balaban J connectivity index is 1.75. The standard InChI is InChI=1S/C17H18BrNO4S/c1-19(14-5-3-2-4-6-14)24(20,21)12-13-7-8-16(18)17(9-13)23-11-15-10-22-15/h2-9,15H,10-12H2,1H3. The van der Waals surface area contributed by atoms with Crippen LogP contribution in [0.2, 0.25) is 0 Å². The summed E-state index contributed by atoms with van der Waals surface area (Å²) in [4.78, 5) is 0. The van der Waals surface area contributed by atoms with E-state index in [-0.39, 0.29) is 11.9 Å². The molecule has 0 spiro atoms. The Morgan fingerprint density at radius 1 is 1.25 bits per heavy atom. The third-order valence-electron chi connectivity index (χ3n) is 3.71. The van der Waals surface area contributed by atoms with E-state index in [1.807, 2.05) is 18.2 Å². The number of sulfonamides is 1. The number of nitrogens with zero attached hydrogens (tertiary/aromatic N) is 1. The first-order chi connectivity index (χ1) is 11.5. The van der Waals surface area contributed by atoms with Crippen LogP contribution in [0, 0.1) is 0 Å². The van der Waals surface area contributed by atoms with Crippen LogP contribution in [0.3, 0.4) is 0 Å². The van der Waals surface area contributed by atoms with Crippen molar-refractivity contribution in [3.63, 3.8) is 0 Å². The lowest BCUT2D eigenvalue weighted by Crippen LogP contribution is -2.27. The first-order valence-corrected chi connectivity index (χ1v) is 9.90. The summed E-state index contributed by atoms with van der Waals surface area (Å²) < 4.78 is 38.1. The number of benzene rings is 2. The van der Waals surface area contributed by atoms with Gasteiger partial charge in [0.25, 0.3) is 0 Å². The summed E-state index contributed by atoms with van der Waals surface area (Å²) >= 11 is 3.42. The van der Waals surface area contributed by atoms with Crippen LogP contribution >= 0.6 is 15.9 Å². The first-order valence-electron chi connectivity index (χ1n) is 7.50. The zero-order valence-corrected chi connectivity index (χ0v) is 15.6. The molecule has 0 bridgehead atoms. The molecule has 0 radical (unpaired) electrons.